The highest BCUT2D eigenvalue weighted by Gasteiger charge is 2.28. The molecule has 0 bridgehead atoms. The second-order valence-corrected chi connectivity index (χ2v) is 8.29. The van der Waals surface area contributed by atoms with E-state index in [1.54, 1.807) is 37.4 Å². The third kappa shape index (κ3) is 7.68. The van der Waals surface area contributed by atoms with Crippen LogP contribution in [0.4, 0.5) is 4.39 Å². The Kier molecular flexibility index (Phi) is 11.0. The number of hydrogen-bond donors (Lipinski definition) is 1. The van der Waals surface area contributed by atoms with Gasteiger partial charge in [0.2, 0.25) is 6.41 Å². The maximum Gasteiger partial charge on any atom is 0.273 e. The molecule has 35 heavy (non-hydrogen) atoms. The molecular weight excluding hydrogens is 498 g/mol. The van der Waals surface area contributed by atoms with Crippen molar-refractivity contribution in [3.8, 4) is 5.75 Å². The summed E-state index contributed by atoms with van der Waals surface area (Å²) in [6.07, 6.45) is 0.845. The molecule has 0 aliphatic rings. The van der Waals surface area contributed by atoms with E-state index in [1.807, 2.05) is 0 Å². The minimum absolute atomic E-state index is 0.0104. The molecule has 0 aliphatic carbocycles. The van der Waals surface area contributed by atoms with Crippen molar-refractivity contribution in [1.82, 2.24) is 14.7 Å². The largest absolute Gasteiger partial charge is 0.471 e. The summed E-state index contributed by atoms with van der Waals surface area (Å²) < 4.78 is 19.4. The second kappa shape index (κ2) is 13.7. The quantitative estimate of drug-likeness (QED) is 0.186. The van der Waals surface area contributed by atoms with Gasteiger partial charge in [0.25, 0.3) is 5.91 Å². The van der Waals surface area contributed by atoms with Gasteiger partial charge < -0.3 is 24.5 Å². The molecule has 8 nitrogen and oxygen atoms in total. The average molecular weight is 525 g/mol. The van der Waals surface area contributed by atoms with Gasteiger partial charge in [0.15, 0.2) is 12.6 Å². The predicted octanol–water partition coefficient (Wildman–Crippen LogP) is 3.77. The highest BCUT2D eigenvalue weighted by Crippen LogP contribution is 2.32. The van der Waals surface area contributed by atoms with Crippen molar-refractivity contribution in [2.24, 2.45) is 4.99 Å². The highest BCUT2D eigenvalue weighted by molar-refractivity contribution is 6.42. The number of ether oxygens (including phenoxy) is 1. The molecule has 188 valence electrons. The van der Waals surface area contributed by atoms with Crippen molar-refractivity contribution < 1.29 is 23.8 Å². The minimum atomic E-state index is -0.488. The van der Waals surface area contributed by atoms with Gasteiger partial charge in [-0.05, 0) is 43.0 Å². The maximum absolute atomic E-state index is 13.5. The van der Waals surface area contributed by atoms with Crippen molar-refractivity contribution in [2.75, 3.05) is 34.0 Å². The molecule has 0 unspecified atom stereocenters. The summed E-state index contributed by atoms with van der Waals surface area (Å²) in [5, 5.41) is 9.67. The predicted molar refractivity (Wildman–Crippen MR) is 134 cm³/mol. The molecule has 0 aliphatic heterocycles. The van der Waals surface area contributed by atoms with Crippen LogP contribution in [-0.4, -0.2) is 72.8 Å². The number of carbonyl (C=O) groups excluding carboxylic acids is 2. The molecule has 0 spiro atoms. The molecule has 0 aromatic heterocycles. The number of nitrogens with zero attached hydrogens (tertiary/aromatic N) is 4. The lowest BCUT2D eigenvalue weighted by Crippen LogP contribution is -2.41. The van der Waals surface area contributed by atoms with Crippen molar-refractivity contribution in [3.63, 3.8) is 0 Å². The number of aliphatic hydroxyl groups excluding tert-OH is 1. The SMILES string of the molecule is C=N/C(=C(/C(=O)N(C)CCCO)N(COc1cccc(Cl)c1Cl)Cc1ccc(F)cc1)N(C)C=O. The third-order valence-corrected chi connectivity index (χ3v) is 5.75. The first-order valence-corrected chi connectivity index (χ1v) is 11.3. The van der Waals surface area contributed by atoms with Gasteiger partial charge in [-0.2, -0.15) is 0 Å². The molecule has 2 aromatic rings. The Morgan fingerprint density at radius 3 is 2.49 bits per heavy atom. The van der Waals surface area contributed by atoms with Gasteiger partial charge in [-0.3, -0.25) is 9.59 Å². The van der Waals surface area contributed by atoms with Gasteiger partial charge in [0, 0.05) is 33.8 Å². The van der Waals surface area contributed by atoms with Gasteiger partial charge >= 0.3 is 0 Å². The van der Waals surface area contributed by atoms with Crippen LogP contribution in [0.15, 0.2) is 59.0 Å². The average Bonchev–Trinajstić information content (AvgIpc) is 2.86. The molecule has 0 fully saturated rings. The molecule has 0 atom stereocenters. The molecule has 2 amide bonds. The van der Waals surface area contributed by atoms with Crippen LogP contribution in [0.5, 0.6) is 5.75 Å². The van der Waals surface area contributed by atoms with Crippen LogP contribution in [0, 0.1) is 5.82 Å². The molecular formula is C24H27Cl2FN4O4. The summed E-state index contributed by atoms with van der Waals surface area (Å²) in [6, 6.07) is 10.6. The summed E-state index contributed by atoms with van der Waals surface area (Å²) in [5.74, 6) is -0.631. The van der Waals surface area contributed by atoms with Gasteiger partial charge in [-0.1, -0.05) is 41.4 Å². The maximum atomic E-state index is 13.5. The van der Waals surface area contributed by atoms with Crippen molar-refractivity contribution in [1.29, 1.82) is 0 Å². The van der Waals surface area contributed by atoms with E-state index in [1.165, 1.54) is 29.0 Å². The van der Waals surface area contributed by atoms with Crippen LogP contribution in [0.1, 0.15) is 12.0 Å². The van der Waals surface area contributed by atoms with Crippen molar-refractivity contribution >= 4 is 42.2 Å². The van der Waals surface area contributed by atoms with E-state index >= 15 is 0 Å². The Bertz CT molecular complexity index is 1070. The molecule has 2 rings (SSSR count). The van der Waals surface area contributed by atoms with Crippen LogP contribution in [-0.2, 0) is 16.1 Å². The van der Waals surface area contributed by atoms with Crippen LogP contribution in [0.25, 0.3) is 0 Å². The molecule has 0 saturated carbocycles. The number of halogens is 3. The van der Waals surface area contributed by atoms with Gasteiger partial charge in [-0.25, -0.2) is 9.38 Å². The first-order valence-electron chi connectivity index (χ1n) is 10.5. The van der Waals surface area contributed by atoms with E-state index in [-0.39, 0.29) is 48.7 Å². The van der Waals surface area contributed by atoms with E-state index in [9.17, 15) is 19.1 Å². The molecule has 0 heterocycles. The lowest BCUT2D eigenvalue weighted by Gasteiger charge is -2.31. The lowest BCUT2D eigenvalue weighted by molar-refractivity contribution is -0.128. The fourth-order valence-corrected chi connectivity index (χ4v) is 3.45. The van der Waals surface area contributed by atoms with Crippen molar-refractivity contribution in [2.45, 2.75) is 13.0 Å². The number of benzene rings is 2. The summed E-state index contributed by atoms with van der Waals surface area (Å²) in [4.78, 5) is 33.1. The summed E-state index contributed by atoms with van der Waals surface area (Å²) in [6.45, 7) is 3.57. The summed E-state index contributed by atoms with van der Waals surface area (Å²) >= 11 is 12.3. The Labute approximate surface area is 213 Å². The Hall–Kier alpha value is -3.14. The number of aliphatic hydroxyl groups is 1. The van der Waals surface area contributed by atoms with Crippen LogP contribution >= 0.6 is 23.2 Å². The third-order valence-electron chi connectivity index (χ3n) is 4.95. The number of amides is 2. The van der Waals surface area contributed by atoms with Gasteiger partial charge in [0.1, 0.15) is 22.3 Å². The summed E-state index contributed by atoms with van der Waals surface area (Å²) in [5.41, 5.74) is 0.671. The van der Waals surface area contributed by atoms with E-state index in [0.717, 1.165) is 4.90 Å². The zero-order chi connectivity index (χ0) is 26.0. The van der Waals surface area contributed by atoms with Crippen LogP contribution in [0.2, 0.25) is 10.0 Å². The molecule has 11 heteroatoms. The fourth-order valence-electron chi connectivity index (χ4n) is 3.11. The topological polar surface area (TPSA) is 85.7 Å². The van der Waals surface area contributed by atoms with Gasteiger partial charge in [0.05, 0.1) is 5.02 Å². The highest BCUT2D eigenvalue weighted by atomic mass is 35.5. The summed E-state index contributed by atoms with van der Waals surface area (Å²) in [7, 11) is 2.99. The fraction of sp³-hybridized carbons (Fsp3) is 0.292. The first kappa shape index (κ1) is 28.1. The zero-order valence-electron chi connectivity index (χ0n) is 19.5. The monoisotopic (exact) mass is 524 g/mol. The number of aliphatic imine (C=N–C) groups is 1. The zero-order valence-corrected chi connectivity index (χ0v) is 21.0. The number of likely N-dealkylation sites (N-methyl/N-ethyl adjacent to an activating group) is 1. The standard InChI is InChI=1S/C24H27Cl2FN4O4/c1-28-23(30(3)15-33)22(24(34)29(2)12-5-13-32)31(14-17-8-10-18(27)11-9-17)16-35-20-7-4-6-19(25)21(20)26/h4,6-11,15,32H,1,5,12-14,16H2,2-3H3/b23-22+. The van der Waals surface area contributed by atoms with Crippen molar-refractivity contribution in [3.05, 3.63) is 75.4 Å². The Morgan fingerprint density at radius 1 is 1.20 bits per heavy atom. The smallest absolute Gasteiger partial charge is 0.273 e. The Balaban J connectivity index is 2.57. The van der Waals surface area contributed by atoms with E-state index in [0.29, 0.717) is 23.4 Å². The van der Waals surface area contributed by atoms with E-state index < -0.39 is 11.7 Å². The molecule has 1 N–H and O–H groups in total. The second-order valence-electron chi connectivity index (χ2n) is 7.50. The van der Waals surface area contributed by atoms with Crippen LogP contribution < -0.4 is 4.74 Å². The van der Waals surface area contributed by atoms with E-state index in [2.05, 4.69) is 11.7 Å². The number of hydrogen-bond acceptors (Lipinski definition) is 6. The first-order chi connectivity index (χ1) is 16.7. The van der Waals surface area contributed by atoms with E-state index in [4.69, 9.17) is 27.9 Å². The molecule has 0 radical (unpaired) electrons. The normalized spacial score (nSPS) is 11.4. The van der Waals surface area contributed by atoms with Crippen LogP contribution in [0.3, 0.4) is 0 Å². The lowest BCUT2D eigenvalue weighted by atomic mass is 10.2. The molecule has 2 aromatic carbocycles. The Morgan fingerprint density at radius 2 is 1.89 bits per heavy atom. The van der Waals surface area contributed by atoms with Gasteiger partial charge in [-0.15, -0.1) is 0 Å². The number of rotatable bonds is 13. The minimum Gasteiger partial charge on any atom is -0.471 e. The molecule has 0 saturated heterocycles. The number of carbonyl (C=O) groups is 2.